The van der Waals surface area contributed by atoms with Crippen LogP contribution in [0.5, 0.6) is 0 Å². The van der Waals surface area contributed by atoms with Gasteiger partial charge in [-0.1, -0.05) is 40.2 Å². The smallest absolute Gasteiger partial charge is 0.165 e. The predicted octanol–water partition coefficient (Wildman–Crippen LogP) is 2.54. The SMILES string of the molecule is NCc1cccn2c(Cc3ccccc3Br)nnc12. The van der Waals surface area contributed by atoms with Crippen molar-refractivity contribution in [2.45, 2.75) is 13.0 Å². The molecule has 2 N–H and O–H groups in total. The molecule has 0 bridgehead atoms. The Morgan fingerprint density at radius 2 is 1.84 bits per heavy atom. The van der Waals surface area contributed by atoms with Crippen LogP contribution in [0, 0.1) is 0 Å². The Morgan fingerprint density at radius 1 is 1.05 bits per heavy atom. The second-order valence-corrected chi connectivity index (χ2v) is 5.17. The predicted molar refractivity (Wildman–Crippen MR) is 77.8 cm³/mol. The largest absolute Gasteiger partial charge is 0.326 e. The highest BCUT2D eigenvalue weighted by atomic mass is 79.9. The number of hydrogen-bond acceptors (Lipinski definition) is 3. The van der Waals surface area contributed by atoms with E-state index in [-0.39, 0.29) is 0 Å². The van der Waals surface area contributed by atoms with Crippen LogP contribution in [0.2, 0.25) is 0 Å². The summed E-state index contributed by atoms with van der Waals surface area (Å²) in [5, 5.41) is 8.51. The third-order valence-corrected chi connectivity index (χ3v) is 3.89. The maximum Gasteiger partial charge on any atom is 0.165 e. The third-order valence-electron chi connectivity index (χ3n) is 3.11. The number of pyridine rings is 1. The molecule has 0 saturated heterocycles. The summed E-state index contributed by atoms with van der Waals surface area (Å²) < 4.78 is 3.09. The van der Waals surface area contributed by atoms with Gasteiger partial charge in [-0.2, -0.15) is 0 Å². The van der Waals surface area contributed by atoms with Crippen molar-refractivity contribution in [1.29, 1.82) is 0 Å². The highest BCUT2D eigenvalue weighted by Crippen LogP contribution is 2.19. The van der Waals surface area contributed by atoms with Crippen molar-refractivity contribution >= 4 is 21.6 Å². The maximum absolute atomic E-state index is 5.71. The molecule has 3 rings (SSSR count). The number of benzene rings is 1. The highest BCUT2D eigenvalue weighted by Gasteiger charge is 2.10. The Balaban J connectivity index is 2.05. The Kier molecular flexibility index (Phi) is 3.31. The summed E-state index contributed by atoms with van der Waals surface area (Å²) >= 11 is 3.56. The molecule has 0 saturated carbocycles. The molecule has 2 aromatic heterocycles. The van der Waals surface area contributed by atoms with Crippen molar-refractivity contribution < 1.29 is 0 Å². The molecule has 0 amide bonds. The zero-order chi connectivity index (χ0) is 13.2. The molecule has 0 fully saturated rings. The summed E-state index contributed by atoms with van der Waals surface area (Å²) in [6.07, 6.45) is 2.71. The summed E-state index contributed by atoms with van der Waals surface area (Å²) in [6, 6.07) is 12.1. The summed E-state index contributed by atoms with van der Waals surface area (Å²) in [6.45, 7) is 0.470. The van der Waals surface area contributed by atoms with Gasteiger partial charge in [0.2, 0.25) is 0 Å². The van der Waals surface area contributed by atoms with Crippen LogP contribution in [-0.2, 0) is 13.0 Å². The first kappa shape index (κ1) is 12.3. The fraction of sp³-hybridized carbons (Fsp3) is 0.143. The van der Waals surface area contributed by atoms with Gasteiger partial charge in [0.25, 0.3) is 0 Å². The molecule has 1 aromatic carbocycles. The molecule has 0 atom stereocenters. The first-order chi connectivity index (χ1) is 9.29. The lowest BCUT2D eigenvalue weighted by molar-refractivity contribution is 0.930. The fourth-order valence-corrected chi connectivity index (χ4v) is 2.54. The lowest BCUT2D eigenvalue weighted by Gasteiger charge is -2.04. The molecular weight excluding hydrogens is 304 g/mol. The van der Waals surface area contributed by atoms with Crippen molar-refractivity contribution in [3.8, 4) is 0 Å². The molecule has 4 nitrogen and oxygen atoms in total. The van der Waals surface area contributed by atoms with Crippen molar-refractivity contribution in [2.75, 3.05) is 0 Å². The van der Waals surface area contributed by atoms with Gasteiger partial charge in [0.1, 0.15) is 5.82 Å². The zero-order valence-corrected chi connectivity index (χ0v) is 11.8. The van der Waals surface area contributed by atoms with Gasteiger partial charge >= 0.3 is 0 Å². The summed E-state index contributed by atoms with van der Waals surface area (Å²) in [5.41, 5.74) is 8.75. The van der Waals surface area contributed by atoms with Gasteiger partial charge in [-0.25, -0.2) is 0 Å². The van der Waals surface area contributed by atoms with E-state index in [1.165, 1.54) is 5.56 Å². The van der Waals surface area contributed by atoms with Crippen molar-refractivity contribution in [2.24, 2.45) is 5.73 Å². The normalized spacial score (nSPS) is 11.1. The van der Waals surface area contributed by atoms with E-state index in [0.717, 1.165) is 27.9 Å². The van der Waals surface area contributed by atoms with E-state index in [1.54, 1.807) is 0 Å². The standard InChI is InChI=1S/C14H13BrN4/c15-12-6-2-1-4-10(12)8-13-17-18-14-11(9-16)5-3-7-19(13)14/h1-7H,8-9,16H2. The summed E-state index contributed by atoms with van der Waals surface area (Å²) in [5.74, 6) is 0.914. The summed E-state index contributed by atoms with van der Waals surface area (Å²) in [7, 11) is 0. The molecule has 0 aliphatic carbocycles. The van der Waals surface area contributed by atoms with Crippen LogP contribution in [0.1, 0.15) is 17.0 Å². The average molecular weight is 317 g/mol. The van der Waals surface area contributed by atoms with Gasteiger partial charge in [-0.05, 0) is 17.7 Å². The second kappa shape index (κ2) is 5.11. The lowest BCUT2D eigenvalue weighted by atomic mass is 10.1. The van der Waals surface area contributed by atoms with E-state index in [0.29, 0.717) is 6.54 Å². The Morgan fingerprint density at radius 3 is 2.63 bits per heavy atom. The van der Waals surface area contributed by atoms with E-state index < -0.39 is 0 Å². The third kappa shape index (κ3) is 2.27. The molecule has 19 heavy (non-hydrogen) atoms. The van der Waals surface area contributed by atoms with Crippen LogP contribution in [0.25, 0.3) is 5.65 Å². The molecule has 96 valence electrons. The number of rotatable bonds is 3. The maximum atomic E-state index is 5.71. The first-order valence-electron chi connectivity index (χ1n) is 6.04. The van der Waals surface area contributed by atoms with Crippen molar-refractivity contribution in [3.05, 3.63) is 64.0 Å². The molecule has 3 aromatic rings. The van der Waals surface area contributed by atoms with E-state index in [4.69, 9.17) is 5.73 Å². The van der Waals surface area contributed by atoms with Crippen LogP contribution in [-0.4, -0.2) is 14.6 Å². The molecule has 0 spiro atoms. The van der Waals surface area contributed by atoms with E-state index in [9.17, 15) is 0 Å². The quantitative estimate of drug-likeness (QED) is 0.808. The number of aromatic nitrogens is 3. The number of fused-ring (bicyclic) bond motifs is 1. The molecule has 5 heteroatoms. The van der Waals surface area contributed by atoms with Crippen LogP contribution < -0.4 is 5.73 Å². The van der Waals surface area contributed by atoms with Crippen LogP contribution >= 0.6 is 15.9 Å². The van der Waals surface area contributed by atoms with Gasteiger partial charge < -0.3 is 5.73 Å². The molecule has 2 heterocycles. The molecule has 0 radical (unpaired) electrons. The second-order valence-electron chi connectivity index (χ2n) is 4.32. The molecule has 0 aliphatic heterocycles. The van der Waals surface area contributed by atoms with E-state index in [2.05, 4.69) is 32.2 Å². The average Bonchev–Trinajstić information content (AvgIpc) is 2.84. The Hall–Kier alpha value is -1.72. The molecule has 0 aliphatic rings. The fourth-order valence-electron chi connectivity index (χ4n) is 2.11. The number of halogens is 1. The summed E-state index contributed by atoms with van der Waals surface area (Å²) in [4.78, 5) is 0. The van der Waals surface area contributed by atoms with E-state index in [1.807, 2.05) is 40.9 Å². The minimum Gasteiger partial charge on any atom is -0.326 e. The van der Waals surface area contributed by atoms with Crippen LogP contribution in [0.15, 0.2) is 47.1 Å². The Bertz CT molecular complexity index is 720. The first-order valence-corrected chi connectivity index (χ1v) is 6.84. The van der Waals surface area contributed by atoms with Gasteiger partial charge in [-0.15, -0.1) is 10.2 Å². The monoisotopic (exact) mass is 316 g/mol. The number of hydrogen-bond donors (Lipinski definition) is 1. The Labute approximate surface area is 119 Å². The van der Waals surface area contributed by atoms with Gasteiger partial charge in [0, 0.05) is 29.2 Å². The minimum atomic E-state index is 0.470. The van der Waals surface area contributed by atoms with Crippen LogP contribution in [0.3, 0.4) is 0 Å². The van der Waals surface area contributed by atoms with E-state index >= 15 is 0 Å². The topological polar surface area (TPSA) is 56.2 Å². The van der Waals surface area contributed by atoms with Gasteiger partial charge in [0.15, 0.2) is 5.65 Å². The van der Waals surface area contributed by atoms with Gasteiger partial charge in [0.05, 0.1) is 0 Å². The molecular formula is C14H13BrN4. The van der Waals surface area contributed by atoms with Crippen molar-refractivity contribution in [3.63, 3.8) is 0 Å². The number of nitrogens with two attached hydrogens (primary N) is 1. The van der Waals surface area contributed by atoms with Crippen LogP contribution in [0.4, 0.5) is 0 Å². The van der Waals surface area contributed by atoms with Gasteiger partial charge in [-0.3, -0.25) is 4.40 Å². The molecule has 0 unspecified atom stereocenters. The van der Waals surface area contributed by atoms with Crippen molar-refractivity contribution in [1.82, 2.24) is 14.6 Å². The lowest BCUT2D eigenvalue weighted by Crippen LogP contribution is -2.01. The zero-order valence-electron chi connectivity index (χ0n) is 10.3. The number of nitrogens with zero attached hydrogens (tertiary/aromatic N) is 3. The minimum absolute atomic E-state index is 0.470. The highest BCUT2D eigenvalue weighted by molar-refractivity contribution is 9.10.